The Morgan fingerprint density at radius 2 is 2.00 bits per heavy atom. The van der Waals surface area contributed by atoms with Gasteiger partial charge in [-0.2, -0.15) is 0 Å². The average molecular weight is 244 g/mol. The number of nitrogens with zero attached hydrogens (tertiary/aromatic N) is 3. The number of anilines is 1. The van der Waals surface area contributed by atoms with Gasteiger partial charge in [-0.1, -0.05) is 18.5 Å². The Kier molecular flexibility index (Phi) is 3.28. The van der Waals surface area contributed by atoms with Crippen LogP contribution in [0.4, 0.5) is 10.2 Å². The van der Waals surface area contributed by atoms with Gasteiger partial charge >= 0.3 is 0 Å². The summed E-state index contributed by atoms with van der Waals surface area (Å²) in [5, 5.41) is 0.423. The van der Waals surface area contributed by atoms with Crippen LogP contribution in [0, 0.1) is 5.41 Å². The van der Waals surface area contributed by atoms with Gasteiger partial charge in [0.2, 0.25) is 0 Å². The predicted molar refractivity (Wildman–Crippen MR) is 62.6 cm³/mol. The molecule has 0 N–H and O–H groups in total. The van der Waals surface area contributed by atoms with E-state index in [1.807, 2.05) is 6.92 Å². The zero-order valence-electron chi connectivity index (χ0n) is 9.29. The van der Waals surface area contributed by atoms with Crippen LogP contribution in [0.3, 0.4) is 0 Å². The molecule has 0 bridgehead atoms. The summed E-state index contributed by atoms with van der Waals surface area (Å²) < 4.78 is 12.8. The van der Waals surface area contributed by atoms with Crippen LogP contribution in [-0.2, 0) is 0 Å². The fraction of sp³-hybridized carbons (Fsp3) is 0.636. The Morgan fingerprint density at radius 1 is 1.38 bits per heavy atom. The van der Waals surface area contributed by atoms with Crippen LogP contribution in [-0.4, -0.2) is 29.7 Å². The molecule has 1 fully saturated rings. The standard InChI is InChI=1S/C11H15ClFN3/c1-11(8-13)2-6-16(7-3-11)10-9(12)14-4-5-15-10/h4-5H,2-3,6-8H2,1H3. The monoisotopic (exact) mass is 243 g/mol. The fourth-order valence-corrected chi connectivity index (χ4v) is 2.14. The fourth-order valence-electron chi connectivity index (χ4n) is 1.92. The lowest BCUT2D eigenvalue weighted by atomic mass is 9.82. The molecule has 0 spiro atoms. The van der Waals surface area contributed by atoms with Crippen LogP contribution in [0.1, 0.15) is 19.8 Å². The molecule has 0 saturated carbocycles. The molecule has 0 radical (unpaired) electrons. The molecule has 0 aliphatic carbocycles. The number of halogens is 2. The van der Waals surface area contributed by atoms with E-state index in [9.17, 15) is 4.39 Å². The number of rotatable bonds is 2. The molecule has 2 heterocycles. The number of aromatic nitrogens is 2. The van der Waals surface area contributed by atoms with Gasteiger partial charge < -0.3 is 4.90 Å². The van der Waals surface area contributed by atoms with Crippen molar-refractivity contribution in [2.45, 2.75) is 19.8 Å². The van der Waals surface area contributed by atoms with Crippen molar-refractivity contribution in [3.05, 3.63) is 17.5 Å². The van der Waals surface area contributed by atoms with Crippen LogP contribution in [0.2, 0.25) is 5.15 Å². The Hall–Kier alpha value is -0.900. The van der Waals surface area contributed by atoms with Gasteiger partial charge in [0.15, 0.2) is 11.0 Å². The highest BCUT2D eigenvalue weighted by atomic mass is 35.5. The van der Waals surface area contributed by atoms with Gasteiger partial charge in [0.25, 0.3) is 0 Å². The molecule has 5 heteroatoms. The predicted octanol–water partition coefficient (Wildman–Crippen LogP) is 2.71. The maximum atomic E-state index is 12.8. The molecule has 3 nitrogen and oxygen atoms in total. The highest BCUT2D eigenvalue weighted by molar-refractivity contribution is 6.31. The minimum Gasteiger partial charge on any atom is -0.354 e. The minimum absolute atomic E-state index is 0.175. The highest BCUT2D eigenvalue weighted by Crippen LogP contribution is 2.33. The number of alkyl halides is 1. The summed E-state index contributed by atoms with van der Waals surface area (Å²) >= 11 is 5.97. The molecule has 1 aliphatic heterocycles. The van der Waals surface area contributed by atoms with Crippen LogP contribution in [0.5, 0.6) is 0 Å². The topological polar surface area (TPSA) is 29.0 Å². The zero-order chi connectivity index (χ0) is 11.6. The third kappa shape index (κ3) is 2.26. The highest BCUT2D eigenvalue weighted by Gasteiger charge is 2.31. The van der Waals surface area contributed by atoms with Crippen LogP contribution in [0.15, 0.2) is 12.4 Å². The first kappa shape index (κ1) is 11.6. The smallest absolute Gasteiger partial charge is 0.171 e. The van der Waals surface area contributed by atoms with E-state index in [4.69, 9.17) is 11.6 Å². The van der Waals surface area contributed by atoms with Crippen molar-refractivity contribution in [1.82, 2.24) is 9.97 Å². The molecule has 88 valence electrons. The quantitative estimate of drug-likeness (QED) is 0.800. The van der Waals surface area contributed by atoms with Crippen molar-refractivity contribution in [1.29, 1.82) is 0 Å². The first-order valence-corrected chi connectivity index (χ1v) is 5.80. The molecule has 1 aromatic rings. The molecule has 0 atom stereocenters. The molecule has 2 rings (SSSR count). The molecule has 1 saturated heterocycles. The summed E-state index contributed by atoms with van der Waals surface area (Å²) in [5.41, 5.74) is -0.175. The largest absolute Gasteiger partial charge is 0.354 e. The third-order valence-electron chi connectivity index (χ3n) is 3.23. The van der Waals surface area contributed by atoms with Gasteiger partial charge in [-0.05, 0) is 18.3 Å². The van der Waals surface area contributed by atoms with E-state index in [-0.39, 0.29) is 12.1 Å². The second-order valence-corrected chi connectivity index (χ2v) is 4.96. The molecule has 0 amide bonds. The van der Waals surface area contributed by atoms with Gasteiger partial charge in [0.1, 0.15) is 0 Å². The van der Waals surface area contributed by atoms with Crippen LogP contribution < -0.4 is 4.90 Å². The van der Waals surface area contributed by atoms with E-state index in [0.717, 1.165) is 25.9 Å². The number of piperidine rings is 1. The van der Waals surface area contributed by atoms with Crippen molar-refractivity contribution < 1.29 is 4.39 Å². The van der Waals surface area contributed by atoms with Crippen molar-refractivity contribution in [3.63, 3.8) is 0 Å². The SMILES string of the molecule is CC1(CF)CCN(c2nccnc2Cl)CC1. The van der Waals surface area contributed by atoms with Gasteiger partial charge in [0, 0.05) is 25.5 Å². The molecular formula is C11H15ClFN3. The molecule has 1 aliphatic rings. The van der Waals surface area contributed by atoms with E-state index in [0.29, 0.717) is 11.0 Å². The van der Waals surface area contributed by atoms with Gasteiger partial charge in [-0.25, -0.2) is 9.97 Å². The zero-order valence-corrected chi connectivity index (χ0v) is 10.0. The Morgan fingerprint density at radius 3 is 2.56 bits per heavy atom. The lowest BCUT2D eigenvalue weighted by molar-refractivity contribution is 0.183. The third-order valence-corrected chi connectivity index (χ3v) is 3.50. The first-order valence-electron chi connectivity index (χ1n) is 5.42. The number of hydrogen-bond donors (Lipinski definition) is 0. The van der Waals surface area contributed by atoms with Crippen LogP contribution in [0.25, 0.3) is 0 Å². The number of hydrogen-bond acceptors (Lipinski definition) is 3. The van der Waals surface area contributed by atoms with Gasteiger partial charge in [-0.15, -0.1) is 0 Å². The maximum Gasteiger partial charge on any atom is 0.171 e. The molecule has 0 unspecified atom stereocenters. The summed E-state index contributed by atoms with van der Waals surface area (Å²) in [6.07, 6.45) is 4.86. The van der Waals surface area contributed by atoms with E-state index < -0.39 is 0 Å². The minimum atomic E-state index is -0.255. The van der Waals surface area contributed by atoms with Gasteiger partial charge in [0.05, 0.1) is 6.67 Å². The van der Waals surface area contributed by atoms with Crippen molar-refractivity contribution in [2.24, 2.45) is 5.41 Å². The molecule has 1 aromatic heterocycles. The summed E-state index contributed by atoms with van der Waals surface area (Å²) in [6, 6.07) is 0. The summed E-state index contributed by atoms with van der Waals surface area (Å²) in [5.74, 6) is 0.713. The van der Waals surface area contributed by atoms with Crippen molar-refractivity contribution >= 4 is 17.4 Å². The maximum absolute atomic E-state index is 12.8. The molecular weight excluding hydrogens is 229 g/mol. The van der Waals surface area contributed by atoms with E-state index in [2.05, 4.69) is 14.9 Å². The van der Waals surface area contributed by atoms with E-state index in [1.54, 1.807) is 12.4 Å². The van der Waals surface area contributed by atoms with Crippen molar-refractivity contribution in [3.8, 4) is 0 Å². The first-order chi connectivity index (χ1) is 7.64. The van der Waals surface area contributed by atoms with Crippen LogP contribution >= 0.6 is 11.6 Å². The van der Waals surface area contributed by atoms with E-state index in [1.165, 1.54) is 0 Å². The second-order valence-electron chi connectivity index (χ2n) is 4.60. The Bertz CT molecular complexity index is 364. The molecule has 16 heavy (non-hydrogen) atoms. The molecule has 0 aromatic carbocycles. The Labute approximate surface area is 99.6 Å². The van der Waals surface area contributed by atoms with Crippen molar-refractivity contribution in [2.75, 3.05) is 24.7 Å². The average Bonchev–Trinajstić information content (AvgIpc) is 2.31. The second kappa shape index (κ2) is 4.53. The summed E-state index contributed by atoms with van der Waals surface area (Å²) in [4.78, 5) is 10.3. The van der Waals surface area contributed by atoms with E-state index >= 15 is 0 Å². The summed E-state index contributed by atoms with van der Waals surface area (Å²) in [7, 11) is 0. The summed E-state index contributed by atoms with van der Waals surface area (Å²) in [6.45, 7) is 3.31. The lowest BCUT2D eigenvalue weighted by Crippen LogP contribution is -2.40. The van der Waals surface area contributed by atoms with Gasteiger partial charge in [-0.3, -0.25) is 4.39 Å². The Balaban J connectivity index is 2.07. The lowest BCUT2D eigenvalue weighted by Gasteiger charge is -2.38. The normalized spacial score (nSPS) is 19.8.